The van der Waals surface area contributed by atoms with Crippen molar-refractivity contribution in [3.05, 3.63) is 50.9 Å². The van der Waals surface area contributed by atoms with Crippen molar-refractivity contribution in [3.8, 4) is 11.5 Å². The first-order valence-corrected chi connectivity index (χ1v) is 9.43. The molecule has 1 atom stereocenters. The number of fused-ring (bicyclic) bond motifs is 1. The first-order chi connectivity index (χ1) is 13.9. The van der Waals surface area contributed by atoms with Crippen molar-refractivity contribution in [2.45, 2.75) is 25.9 Å². The second-order valence-electron chi connectivity index (χ2n) is 7.03. The van der Waals surface area contributed by atoms with Crippen molar-refractivity contribution in [1.29, 1.82) is 0 Å². The van der Waals surface area contributed by atoms with Crippen LogP contribution < -0.4 is 26.0 Å². The summed E-state index contributed by atoms with van der Waals surface area (Å²) in [5.74, 6) is 1.46. The fourth-order valence-electron chi connectivity index (χ4n) is 3.51. The van der Waals surface area contributed by atoms with Gasteiger partial charge in [0.2, 0.25) is 0 Å². The molecule has 2 aromatic heterocycles. The first kappa shape index (κ1) is 20.7. The van der Waals surface area contributed by atoms with Gasteiger partial charge in [-0.1, -0.05) is 12.1 Å². The number of ether oxygens (including phenoxy) is 2. The summed E-state index contributed by atoms with van der Waals surface area (Å²) in [6, 6.07) is 6.02. The van der Waals surface area contributed by atoms with Crippen LogP contribution in [0.2, 0.25) is 0 Å². The minimum Gasteiger partial charge on any atom is -0.493 e. The van der Waals surface area contributed by atoms with E-state index in [4.69, 9.17) is 9.47 Å². The van der Waals surface area contributed by atoms with Crippen molar-refractivity contribution in [1.82, 2.24) is 24.0 Å². The quantitative estimate of drug-likeness (QED) is 0.597. The van der Waals surface area contributed by atoms with Crippen LogP contribution in [0.15, 0.2) is 34.1 Å². The van der Waals surface area contributed by atoms with Gasteiger partial charge in [0.1, 0.15) is 0 Å². The molecule has 9 heteroatoms. The Morgan fingerprint density at radius 1 is 1.14 bits per heavy atom. The Labute approximate surface area is 168 Å². The third-order valence-electron chi connectivity index (χ3n) is 5.07. The van der Waals surface area contributed by atoms with E-state index < -0.39 is 0 Å². The van der Waals surface area contributed by atoms with E-state index in [1.54, 1.807) is 32.2 Å². The van der Waals surface area contributed by atoms with Crippen molar-refractivity contribution >= 4 is 11.2 Å². The first-order valence-electron chi connectivity index (χ1n) is 9.43. The maximum absolute atomic E-state index is 12.5. The lowest BCUT2D eigenvalue weighted by atomic mass is 10.1. The summed E-state index contributed by atoms with van der Waals surface area (Å²) in [6.07, 6.45) is 2.37. The van der Waals surface area contributed by atoms with E-state index in [-0.39, 0.29) is 17.3 Å². The SMILES string of the molecule is COc1cccc(CC(C)NCCn2cnc3c2c(=O)n(C)c(=O)n3C)c1OC. The molecule has 1 aromatic carbocycles. The third kappa shape index (κ3) is 3.91. The van der Waals surface area contributed by atoms with Crippen LogP contribution in [0.3, 0.4) is 0 Å². The molecular formula is C20H27N5O4. The van der Waals surface area contributed by atoms with E-state index in [0.29, 0.717) is 30.0 Å². The molecule has 0 aliphatic rings. The lowest BCUT2D eigenvalue weighted by molar-refractivity contribution is 0.350. The molecule has 29 heavy (non-hydrogen) atoms. The highest BCUT2D eigenvalue weighted by atomic mass is 16.5. The number of para-hydroxylation sites is 1. The van der Waals surface area contributed by atoms with Gasteiger partial charge in [-0.15, -0.1) is 0 Å². The summed E-state index contributed by atoms with van der Waals surface area (Å²) in [7, 11) is 6.35. The fourth-order valence-corrected chi connectivity index (χ4v) is 3.51. The van der Waals surface area contributed by atoms with Crippen LogP contribution in [-0.4, -0.2) is 45.5 Å². The number of aromatic nitrogens is 4. The molecule has 0 saturated carbocycles. The molecule has 0 spiro atoms. The Balaban J connectivity index is 1.70. The number of methoxy groups -OCH3 is 2. The largest absolute Gasteiger partial charge is 0.493 e. The smallest absolute Gasteiger partial charge is 0.332 e. The van der Waals surface area contributed by atoms with Crippen molar-refractivity contribution in [3.63, 3.8) is 0 Å². The van der Waals surface area contributed by atoms with Gasteiger partial charge >= 0.3 is 5.69 Å². The molecule has 1 unspecified atom stereocenters. The average Bonchev–Trinajstić information content (AvgIpc) is 3.14. The van der Waals surface area contributed by atoms with Crippen LogP contribution in [0, 0.1) is 0 Å². The van der Waals surface area contributed by atoms with Crippen LogP contribution in [0.4, 0.5) is 0 Å². The number of nitrogens with one attached hydrogen (secondary N) is 1. The predicted molar refractivity (Wildman–Crippen MR) is 111 cm³/mol. The highest BCUT2D eigenvalue weighted by Crippen LogP contribution is 2.31. The second-order valence-corrected chi connectivity index (χ2v) is 7.03. The van der Waals surface area contributed by atoms with Gasteiger partial charge in [-0.3, -0.25) is 13.9 Å². The van der Waals surface area contributed by atoms with Crippen LogP contribution in [0.1, 0.15) is 12.5 Å². The monoisotopic (exact) mass is 401 g/mol. The predicted octanol–water partition coefficient (Wildman–Crippen LogP) is 0.672. The number of hydrogen-bond acceptors (Lipinski definition) is 6. The highest BCUT2D eigenvalue weighted by molar-refractivity contribution is 5.69. The number of aryl methyl sites for hydroxylation is 1. The normalized spacial score (nSPS) is 12.3. The second kappa shape index (κ2) is 8.52. The van der Waals surface area contributed by atoms with E-state index >= 15 is 0 Å². The average molecular weight is 401 g/mol. The standard InChI is InChI=1S/C20H27N5O4/c1-13(11-14-7-6-8-15(28-4)17(14)29-5)21-9-10-25-12-22-18-16(25)19(26)24(3)20(27)23(18)2/h6-8,12-13,21H,9-11H2,1-5H3. The lowest BCUT2D eigenvalue weighted by Gasteiger charge is -2.17. The maximum atomic E-state index is 12.5. The minimum atomic E-state index is -0.383. The summed E-state index contributed by atoms with van der Waals surface area (Å²) in [5, 5.41) is 3.46. The zero-order valence-electron chi connectivity index (χ0n) is 17.4. The molecule has 0 fully saturated rings. The van der Waals surface area contributed by atoms with E-state index in [2.05, 4.69) is 17.2 Å². The molecule has 3 rings (SSSR count). The molecule has 0 saturated heterocycles. The Morgan fingerprint density at radius 3 is 2.59 bits per heavy atom. The number of imidazole rings is 1. The Bertz CT molecular complexity index is 1130. The minimum absolute atomic E-state index is 0.179. The Kier molecular flexibility index (Phi) is 6.07. The van der Waals surface area contributed by atoms with Crippen LogP contribution >= 0.6 is 0 Å². The van der Waals surface area contributed by atoms with E-state index in [1.165, 1.54) is 11.6 Å². The summed E-state index contributed by atoms with van der Waals surface area (Å²) >= 11 is 0. The molecule has 0 radical (unpaired) electrons. The summed E-state index contributed by atoms with van der Waals surface area (Å²) < 4.78 is 15.1. The summed E-state index contributed by atoms with van der Waals surface area (Å²) in [5.41, 5.74) is 1.16. The van der Waals surface area contributed by atoms with Gasteiger partial charge in [0.15, 0.2) is 22.7 Å². The van der Waals surface area contributed by atoms with Gasteiger partial charge in [0.25, 0.3) is 5.56 Å². The molecule has 3 aromatic rings. The molecule has 2 heterocycles. The highest BCUT2D eigenvalue weighted by Gasteiger charge is 2.15. The fraction of sp³-hybridized carbons (Fsp3) is 0.450. The summed E-state index contributed by atoms with van der Waals surface area (Å²) in [6.45, 7) is 3.29. The Morgan fingerprint density at radius 2 is 1.90 bits per heavy atom. The zero-order valence-corrected chi connectivity index (χ0v) is 17.4. The molecule has 156 valence electrons. The molecular weight excluding hydrogens is 374 g/mol. The lowest BCUT2D eigenvalue weighted by Crippen LogP contribution is -2.38. The third-order valence-corrected chi connectivity index (χ3v) is 5.07. The van der Waals surface area contributed by atoms with E-state index in [1.807, 2.05) is 18.2 Å². The molecule has 0 aliphatic heterocycles. The van der Waals surface area contributed by atoms with Gasteiger partial charge in [-0.2, -0.15) is 0 Å². The van der Waals surface area contributed by atoms with Crippen molar-refractivity contribution < 1.29 is 9.47 Å². The molecule has 0 aliphatic carbocycles. The van der Waals surface area contributed by atoms with Gasteiger partial charge in [0, 0.05) is 33.2 Å². The molecule has 1 N–H and O–H groups in total. The zero-order chi connectivity index (χ0) is 21.1. The van der Waals surface area contributed by atoms with Crippen LogP contribution in [0.25, 0.3) is 11.2 Å². The number of nitrogens with zero attached hydrogens (tertiary/aromatic N) is 4. The summed E-state index contributed by atoms with van der Waals surface area (Å²) in [4.78, 5) is 28.8. The van der Waals surface area contributed by atoms with Gasteiger partial charge in [-0.05, 0) is 25.0 Å². The molecule has 0 bridgehead atoms. The van der Waals surface area contributed by atoms with Crippen LogP contribution in [-0.2, 0) is 27.1 Å². The van der Waals surface area contributed by atoms with E-state index in [0.717, 1.165) is 22.3 Å². The number of rotatable bonds is 8. The topological polar surface area (TPSA) is 92.3 Å². The van der Waals surface area contributed by atoms with Crippen LogP contribution in [0.5, 0.6) is 11.5 Å². The van der Waals surface area contributed by atoms with Crippen molar-refractivity contribution in [2.75, 3.05) is 20.8 Å². The number of hydrogen-bond donors (Lipinski definition) is 1. The molecule has 9 nitrogen and oxygen atoms in total. The van der Waals surface area contributed by atoms with Crippen molar-refractivity contribution in [2.24, 2.45) is 14.1 Å². The number of benzene rings is 1. The van der Waals surface area contributed by atoms with Gasteiger partial charge < -0.3 is 19.4 Å². The van der Waals surface area contributed by atoms with Gasteiger partial charge in [0.05, 0.1) is 20.5 Å². The van der Waals surface area contributed by atoms with Gasteiger partial charge in [-0.25, -0.2) is 9.78 Å². The molecule has 0 amide bonds. The Hall–Kier alpha value is -3.07. The maximum Gasteiger partial charge on any atom is 0.332 e. The van der Waals surface area contributed by atoms with E-state index in [9.17, 15) is 9.59 Å².